The van der Waals surface area contributed by atoms with E-state index in [2.05, 4.69) is 20.9 Å². The number of ether oxygens (including phenoxy) is 3. The van der Waals surface area contributed by atoms with Gasteiger partial charge in [0, 0.05) is 110 Å². The first kappa shape index (κ1) is 72.3. The summed E-state index contributed by atoms with van der Waals surface area (Å²) in [5, 5.41) is 38.8. The van der Waals surface area contributed by atoms with Crippen molar-refractivity contribution in [2.45, 2.75) is 34.1 Å². The maximum absolute atomic E-state index is 11.3. The van der Waals surface area contributed by atoms with E-state index in [4.69, 9.17) is 124 Å². The lowest BCUT2D eigenvalue weighted by Crippen LogP contribution is -2.44. The van der Waals surface area contributed by atoms with Crippen LogP contribution >= 0.6 is 92.8 Å². The number of benzene rings is 5. The van der Waals surface area contributed by atoms with Crippen molar-refractivity contribution >= 4 is 150 Å². The van der Waals surface area contributed by atoms with Crippen LogP contribution in [0.2, 0.25) is 15.1 Å². The molecule has 80 heavy (non-hydrogen) atoms. The number of nitrogens with zero attached hydrogens (tertiary/aromatic N) is 2. The normalized spacial score (nSPS) is 13.1. The van der Waals surface area contributed by atoms with E-state index < -0.39 is 10.2 Å². The maximum atomic E-state index is 11.3. The molecule has 4 heterocycles. The number of carbonyl (C=O) groups excluding carboxylic acids is 5. The van der Waals surface area contributed by atoms with E-state index >= 15 is 0 Å². The number of rotatable bonds is 10. The van der Waals surface area contributed by atoms with Crippen LogP contribution in [0.15, 0.2) is 84.9 Å². The minimum absolute atomic E-state index is 0. The van der Waals surface area contributed by atoms with Crippen LogP contribution in [-0.2, 0) is 43.2 Å². The minimum Gasteiger partial charge on any atom is -0.508 e. The maximum Gasteiger partial charge on any atom is 0.312 e. The number of para-hydroxylation sites is 2. The molecule has 1 saturated heterocycles. The standard InChI is InChI=1S/C12H15N3O2.C9H8Cl2O2.C9H6ClNO4.C9H9NO2.C6H6ClNO.C4H9Cl2N.C2H2Cl2O.2CH4.H2/c16-11-8-17-12-9(14-11)2-1-3-10(12)15-6-4-13-5-7-15;10-5-8(12)4-6-3-7(11)1-2-9(6)13;10-6-1-5-2-7(12)4-15-9(5)8(3-6)11(13)14;10-8-3-1-2-6-4-7(11)5-12-9(6)8;7-4-1-2-6(9)5(8)3-4;5-1-3-7-4-2-6;3-1-2(4)5;;;/h1-3,13H,4-8H2,(H,14,16);1-3,13H,4-5H2;1,3H,2,4H2;1-3H,4-5,10H2;1-3,9H,8H2;7H,1-4H2;1H2;2*1H4;1H. The minimum atomic E-state index is -0.569. The van der Waals surface area contributed by atoms with Crippen LogP contribution in [-0.4, -0.2) is 126 Å². The quantitative estimate of drug-likeness (QED) is 0.0130. The number of phenolic OH excluding ortho intramolecular Hbond substituents is 2. The monoisotopic (exact) mass is 1270 g/mol. The van der Waals surface area contributed by atoms with Gasteiger partial charge in [-0.15, -0.1) is 46.4 Å². The highest BCUT2D eigenvalue weighted by Crippen LogP contribution is 2.39. The topological polar surface area (TPSA) is 288 Å². The summed E-state index contributed by atoms with van der Waals surface area (Å²) >= 11 is 42.5. The first-order valence-electron chi connectivity index (χ1n) is 23.2. The average Bonchev–Trinajstić information content (AvgIpc) is 3.41. The molecule has 5 aromatic carbocycles. The lowest BCUT2D eigenvalue weighted by atomic mass is 10.0. The smallest absolute Gasteiger partial charge is 0.312 e. The summed E-state index contributed by atoms with van der Waals surface area (Å²) in [7, 11) is 0. The lowest BCUT2D eigenvalue weighted by Gasteiger charge is -2.32. The van der Waals surface area contributed by atoms with Gasteiger partial charge < -0.3 is 56.7 Å². The van der Waals surface area contributed by atoms with Gasteiger partial charge in [-0.1, -0.05) is 67.9 Å². The number of nitro benzene ring substituents is 1. The van der Waals surface area contributed by atoms with E-state index in [1.54, 1.807) is 24.3 Å². The molecule has 19 nitrogen and oxygen atoms in total. The van der Waals surface area contributed by atoms with Crippen molar-refractivity contribution in [2.24, 2.45) is 0 Å². The van der Waals surface area contributed by atoms with Gasteiger partial charge in [0.05, 0.1) is 39.4 Å². The fourth-order valence-electron chi connectivity index (χ4n) is 6.81. The summed E-state index contributed by atoms with van der Waals surface area (Å²) in [6.45, 7) is 5.75. The van der Waals surface area contributed by atoms with Gasteiger partial charge in [0.1, 0.15) is 30.5 Å². The number of nitrogens with one attached hydrogen (secondary N) is 3. The molecule has 9 N–H and O–H groups in total. The Balaban J connectivity index is 0.000000942. The zero-order valence-corrected chi connectivity index (χ0v) is 47.5. The van der Waals surface area contributed by atoms with E-state index in [1.807, 2.05) is 30.3 Å². The van der Waals surface area contributed by atoms with Crippen molar-refractivity contribution < 1.29 is 54.7 Å². The van der Waals surface area contributed by atoms with E-state index in [-0.39, 0.29) is 112 Å². The van der Waals surface area contributed by atoms with Crippen LogP contribution in [0.1, 0.15) is 33.0 Å². The number of hydrogen-bond acceptors (Lipinski definition) is 17. The van der Waals surface area contributed by atoms with E-state index in [1.165, 1.54) is 30.3 Å². The van der Waals surface area contributed by atoms with Gasteiger partial charge >= 0.3 is 5.69 Å². The molecule has 9 rings (SSSR count). The summed E-state index contributed by atoms with van der Waals surface area (Å²) < 4.78 is 15.8. The number of halogens is 8. The predicted octanol–water partition coefficient (Wildman–Crippen LogP) is 10.5. The highest BCUT2D eigenvalue weighted by atomic mass is 35.5. The molecular weight excluding hydrogens is 1210 g/mol. The van der Waals surface area contributed by atoms with Crippen LogP contribution in [0.4, 0.5) is 28.4 Å². The summed E-state index contributed by atoms with van der Waals surface area (Å²) in [6, 6.07) is 23.2. The summed E-state index contributed by atoms with van der Waals surface area (Å²) in [5.74, 6) is 2.72. The number of piperazine rings is 1. The van der Waals surface area contributed by atoms with Gasteiger partial charge in [0.25, 0.3) is 5.91 Å². The first-order valence-corrected chi connectivity index (χ1v) is 26.9. The second kappa shape index (κ2) is 38.8. The van der Waals surface area contributed by atoms with Crippen molar-refractivity contribution in [2.75, 3.05) is 104 Å². The Bertz CT molecular complexity index is 2830. The highest BCUT2D eigenvalue weighted by Gasteiger charge is 2.27. The first-order chi connectivity index (χ1) is 37.2. The SMILES string of the molecule is C.C.ClCCNCCCl.Nc1cc(Cl)ccc1O.Nc1cccc2c1OCC(=O)C2.O=C(CCl)Cc1cc(Cl)ccc1O.O=C(Cl)CCl.O=C1COc2c(cc(Cl)cc2[N+](=O)[O-])C1.O=C1COc2c(cccc2N2CCNCC2)N1.[HH]. The Morgan fingerprint density at radius 3 is 1.82 bits per heavy atom. The molecule has 0 unspecified atom stereocenters. The zero-order valence-electron chi connectivity index (χ0n) is 41.4. The molecule has 0 saturated carbocycles. The largest absolute Gasteiger partial charge is 0.508 e. The fourth-order valence-corrected chi connectivity index (χ4v) is 7.79. The van der Waals surface area contributed by atoms with Crippen molar-refractivity contribution in [3.8, 4) is 28.7 Å². The van der Waals surface area contributed by atoms with Crippen LogP contribution in [0.5, 0.6) is 28.7 Å². The number of nitro groups is 1. The van der Waals surface area contributed by atoms with Gasteiger partial charge in [0.15, 0.2) is 29.7 Å². The molecule has 0 radical (unpaired) electrons. The Hall–Kier alpha value is -5.71. The predicted molar refractivity (Wildman–Crippen MR) is 325 cm³/mol. The Morgan fingerprint density at radius 1 is 0.700 bits per heavy atom. The molecule has 0 atom stereocenters. The number of alkyl halides is 4. The molecule has 0 spiro atoms. The van der Waals surface area contributed by atoms with Crippen molar-refractivity contribution in [3.63, 3.8) is 0 Å². The number of nitrogens with two attached hydrogens (primary N) is 2. The number of Topliss-reactive ketones (excluding diaryl/α,β-unsaturated/α-hetero) is 3. The van der Waals surface area contributed by atoms with Gasteiger partial charge in [-0.3, -0.25) is 34.1 Å². The molecule has 1 amide bonds. The molecule has 1 fully saturated rings. The zero-order chi connectivity index (χ0) is 57.7. The highest BCUT2D eigenvalue weighted by molar-refractivity contribution is 6.67. The number of phenols is 2. The van der Waals surface area contributed by atoms with Crippen molar-refractivity contribution in [1.82, 2.24) is 10.6 Å². The second-order valence-corrected chi connectivity index (χ2v) is 19.2. The van der Waals surface area contributed by atoms with E-state index in [0.29, 0.717) is 56.5 Å². The number of carbonyl (C=O) groups is 5. The summed E-state index contributed by atoms with van der Waals surface area (Å²) in [4.78, 5) is 66.1. The third-order valence-corrected chi connectivity index (χ3v) is 12.1. The van der Waals surface area contributed by atoms with Crippen molar-refractivity contribution in [1.29, 1.82) is 0 Å². The lowest BCUT2D eigenvalue weighted by molar-refractivity contribution is -0.385. The van der Waals surface area contributed by atoms with Crippen LogP contribution in [0.3, 0.4) is 0 Å². The molecule has 4 aliphatic heterocycles. The van der Waals surface area contributed by atoms with Gasteiger partial charge in [-0.25, -0.2) is 0 Å². The number of hydrogen-bond donors (Lipinski definition) is 7. The third kappa shape index (κ3) is 25.8. The molecule has 27 heteroatoms. The van der Waals surface area contributed by atoms with Crippen molar-refractivity contribution in [3.05, 3.63) is 127 Å². The number of anilines is 4. The Labute approximate surface area is 505 Å². The van der Waals surface area contributed by atoms with E-state index in [9.17, 15) is 39.2 Å². The Kier molecular flexibility index (Phi) is 35.1. The number of amides is 1. The summed E-state index contributed by atoms with van der Waals surface area (Å²) in [5.41, 5.74) is 15.4. The van der Waals surface area contributed by atoms with Gasteiger partial charge in [-0.05, 0) is 72.3 Å². The molecule has 4 aliphatic rings. The van der Waals surface area contributed by atoms with E-state index in [0.717, 1.165) is 62.0 Å². The number of fused-ring (bicyclic) bond motifs is 3. The average molecular weight is 1280 g/mol. The molecule has 0 bridgehead atoms. The number of ketones is 3. The van der Waals surface area contributed by atoms with Crippen LogP contribution < -0.4 is 46.5 Å². The Morgan fingerprint density at radius 2 is 1.26 bits per heavy atom. The molecular formula is C53H65Cl8N7O12. The molecule has 440 valence electrons. The van der Waals surface area contributed by atoms with Gasteiger partial charge in [0.2, 0.25) is 11.0 Å². The molecule has 0 aromatic heterocycles. The van der Waals surface area contributed by atoms with Crippen LogP contribution in [0.25, 0.3) is 0 Å². The molecule has 0 aliphatic carbocycles. The second-order valence-electron chi connectivity index (χ2n) is 16.2. The number of nitrogen functional groups attached to an aromatic ring is 2. The third-order valence-electron chi connectivity index (χ3n) is 10.3. The number of aromatic hydroxyl groups is 2. The fraction of sp³-hybridized carbons (Fsp3) is 0.340. The van der Waals surface area contributed by atoms with Gasteiger partial charge in [-0.2, -0.15) is 0 Å². The van der Waals surface area contributed by atoms with Crippen LogP contribution in [0, 0.1) is 10.1 Å². The summed E-state index contributed by atoms with van der Waals surface area (Å²) in [6.07, 6.45) is 0.701. The molecule has 5 aromatic rings.